The number of nitrogens with two attached hydrogens (primary N) is 1. The summed E-state index contributed by atoms with van der Waals surface area (Å²) in [7, 11) is 1.64. The Morgan fingerprint density at radius 2 is 2.21 bits per heavy atom. The topological polar surface area (TPSA) is 75.9 Å². The van der Waals surface area contributed by atoms with Gasteiger partial charge in [-0.15, -0.1) is 0 Å². The number of amides is 2. The zero-order valence-electron chi connectivity index (χ0n) is 14.1. The predicted octanol–water partition coefficient (Wildman–Crippen LogP) is 0.961. The molecule has 130 valence electrons. The smallest absolute Gasteiger partial charge is 0.224 e. The summed E-state index contributed by atoms with van der Waals surface area (Å²) in [4.78, 5) is 27.7. The molecule has 0 radical (unpaired) electrons. The van der Waals surface area contributed by atoms with Gasteiger partial charge in [-0.05, 0) is 24.1 Å². The molecule has 1 aromatic rings. The van der Waals surface area contributed by atoms with Crippen molar-refractivity contribution in [1.82, 2.24) is 9.80 Å². The van der Waals surface area contributed by atoms with E-state index in [0.717, 1.165) is 24.3 Å². The zero-order valence-corrected chi connectivity index (χ0v) is 14.1. The molecular formula is C18H25N3O3. The molecule has 0 bridgehead atoms. The van der Waals surface area contributed by atoms with Gasteiger partial charge in [-0.3, -0.25) is 9.59 Å². The number of benzene rings is 1. The molecule has 2 N–H and O–H groups in total. The van der Waals surface area contributed by atoms with E-state index in [-0.39, 0.29) is 23.8 Å². The van der Waals surface area contributed by atoms with Gasteiger partial charge in [-0.25, -0.2) is 0 Å². The monoisotopic (exact) mass is 331 g/mol. The highest BCUT2D eigenvalue weighted by atomic mass is 16.5. The number of likely N-dealkylation sites (tertiary alicyclic amines) is 2. The number of hydrogen-bond acceptors (Lipinski definition) is 4. The van der Waals surface area contributed by atoms with Gasteiger partial charge in [-0.1, -0.05) is 12.1 Å². The maximum absolute atomic E-state index is 12.5. The third-order valence-electron chi connectivity index (χ3n) is 5.01. The zero-order chi connectivity index (χ0) is 17.1. The molecule has 0 aliphatic carbocycles. The second-order valence-electron chi connectivity index (χ2n) is 6.58. The van der Waals surface area contributed by atoms with Crippen molar-refractivity contribution in [3.63, 3.8) is 0 Å². The number of methoxy groups -OCH3 is 1. The normalized spacial score (nSPS) is 23.8. The van der Waals surface area contributed by atoms with Crippen LogP contribution in [0.15, 0.2) is 24.3 Å². The highest BCUT2D eigenvalue weighted by molar-refractivity contribution is 5.80. The van der Waals surface area contributed by atoms with Crippen molar-refractivity contribution in [1.29, 1.82) is 0 Å². The van der Waals surface area contributed by atoms with E-state index in [9.17, 15) is 9.59 Å². The minimum Gasteiger partial charge on any atom is -0.497 e. The van der Waals surface area contributed by atoms with E-state index in [1.165, 1.54) is 0 Å². The van der Waals surface area contributed by atoms with Gasteiger partial charge < -0.3 is 20.3 Å². The predicted molar refractivity (Wildman–Crippen MR) is 90.7 cm³/mol. The third kappa shape index (κ3) is 3.53. The molecule has 2 aliphatic heterocycles. The lowest BCUT2D eigenvalue weighted by atomic mass is 9.95. The molecule has 24 heavy (non-hydrogen) atoms. The van der Waals surface area contributed by atoms with Crippen LogP contribution in [0.3, 0.4) is 0 Å². The van der Waals surface area contributed by atoms with Gasteiger partial charge in [0.15, 0.2) is 0 Å². The van der Waals surface area contributed by atoms with Crippen molar-refractivity contribution < 1.29 is 14.3 Å². The molecule has 3 rings (SSSR count). The number of rotatable bonds is 5. The van der Waals surface area contributed by atoms with Crippen LogP contribution < -0.4 is 10.5 Å². The first-order valence-corrected chi connectivity index (χ1v) is 8.53. The first-order chi connectivity index (χ1) is 11.6. The van der Waals surface area contributed by atoms with E-state index in [1.54, 1.807) is 12.0 Å². The molecule has 2 aliphatic rings. The molecule has 0 saturated carbocycles. The molecule has 6 nitrogen and oxygen atoms in total. The van der Waals surface area contributed by atoms with Crippen molar-refractivity contribution in [3.8, 4) is 5.75 Å². The van der Waals surface area contributed by atoms with Gasteiger partial charge >= 0.3 is 0 Å². The number of carbonyl (C=O) groups is 2. The Morgan fingerprint density at radius 1 is 1.38 bits per heavy atom. The van der Waals surface area contributed by atoms with E-state index in [2.05, 4.69) is 0 Å². The SMILES string of the molecule is COc1cccc(C2CN(C(=O)CCN3CCCC3=O)CC2N)c1. The lowest BCUT2D eigenvalue weighted by Gasteiger charge is -2.19. The Bertz CT molecular complexity index is 619. The Kier molecular flexibility index (Phi) is 5.04. The minimum atomic E-state index is -0.0746. The Hall–Kier alpha value is -2.08. The molecular weight excluding hydrogens is 306 g/mol. The second-order valence-corrected chi connectivity index (χ2v) is 6.58. The van der Waals surface area contributed by atoms with Crippen LogP contribution in [0.2, 0.25) is 0 Å². The van der Waals surface area contributed by atoms with Gasteiger partial charge in [0.2, 0.25) is 11.8 Å². The van der Waals surface area contributed by atoms with Crippen LogP contribution in [0.1, 0.15) is 30.7 Å². The van der Waals surface area contributed by atoms with Gasteiger partial charge in [0.05, 0.1) is 7.11 Å². The summed E-state index contributed by atoms with van der Waals surface area (Å²) in [5.41, 5.74) is 7.38. The molecule has 2 amide bonds. The van der Waals surface area contributed by atoms with E-state index >= 15 is 0 Å². The molecule has 1 aromatic carbocycles. The van der Waals surface area contributed by atoms with Crippen LogP contribution in [-0.4, -0.2) is 60.9 Å². The Balaban J connectivity index is 1.58. The molecule has 0 aromatic heterocycles. The highest BCUT2D eigenvalue weighted by Crippen LogP contribution is 2.29. The number of ether oxygens (including phenoxy) is 1. The first kappa shape index (κ1) is 16.8. The molecule has 2 saturated heterocycles. The number of nitrogens with zero attached hydrogens (tertiary/aromatic N) is 2. The van der Waals surface area contributed by atoms with Crippen LogP contribution in [0, 0.1) is 0 Å². The van der Waals surface area contributed by atoms with Gasteiger partial charge in [0, 0.05) is 51.0 Å². The van der Waals surface area contributed by atoms with Gasteiger partial charge in [-0.2, -0.15) is 0 Å². The lowest BCUT2D eigenvalue weighted by molar-refractivity contribution is -0.132. The highest BCUT2D eigenvalue weighted by Gasteiger charge is 2.34. The first-order valence-electron chi connectivity index (χ1n) is 8.53. The third-order valence-corrected chi connectivity index (χ3v) is 5.01. The van der Waals surface area contributed by atoms with Crippen LogP contribution in [-0.2, 0) is 9.59 Å². The lowest BCUT2D eigenvalue weighted by Crippen LogP contribution is -2.35. The quantitative estimate of drug-likeness (QED) is 0.872. The summed E-state index contributed by atoms with van der Waals surface area (Å²) >= 11 is 0. The van der Waals surface area contributed by atoms with E-state index in [1.807, 2.05) is 29.2 Å². The average molecular weight is 331 g/mol. The fourth-order valence-electron chi connectivity index (χ4n) is 3.59. The minimum absolute atomic E-state index is 0.0746. The summed E-state index contributed by atoms with van der Waals surface area (Å²) in [5, 5.41) is 0. The van der Waals surface area contributed by atoms with Crippen molar-refractivity contribution in [2.45, 2.75) is 31.2 Å². The maximum Gasteiger partial charge on any atom is 0.224 e. The molecule has 6 heteroatoms. The van der Waals surface area contributed by atoms with Crippen molar-refractivity contribution >= 4 is 11.8 Å². The van der Waals surface area contributed by atoms with E-state index < -0.39 is 0 Å². The van der Waals surface area contributed by atoms with E-state index in [4.69, 9.17) is 10.5 Å². The molecule has 2 fully saturated rings. The van der Waals surface area contributed by atoms with Gasteiger partial charge in [0.25, 0.3) is 0 Å². The van der Waals surface area contributed by atoms with Crippen molar-refractivity contribution in [3.05, 3.63) is 29.8 Å². The Morgan fingerprint density at radius 3 is 2.92 bits per heavy atom. The molecule has 0 spiro atoms. The summed E-state index contributed by atoms with van der Waals surface area (Å²) < 4.78 is 5.27. The second kappa shape index (κ2) is 7.21. The molecule has 2 unspecified atom stereocenters. The Labute approximate surface area is 142 Å². The van der Waals surface area contributed by atoms with Crippen LogP contribution in [0.5, 0.6) is 5.75 Å². The van der Waals surface area contributed by atoms with Crippen molar-refractivity contribution in [2.75, 3.05) is 33.3 Å². The summed E-state index contributed by atoms with van der Waals surface area (Å²) in [5.74, 6) is 1.17. The van der Waals surface area contributed by atoms with Crippen LogP contribution >= 0.6 is 0 Å². The standard InChI is InChI=1S/C18H25N3O3/c1-24-14-5-2-4-13(10-14)15-11-21(12-16(15)19)18(23)7-9-20-8-3-6-17(20)22/h2,4-5,10,15-16H,3,6-9,11-12,19H2,1H3. The average Bonchev–Trinajstić information content (AvgIpc) is 3.18. The molecule has 2 heterocycles. The fourth-order valence-corrected chi connectivity index (χ4v) is 3.59. The summed E-state index contributed by atoms with van der Waals surface area (Å²) in [6.07, 6.45) is 1.89. The summed E-state index contributed by atoms with van der Waals surface area (Å²) in [6.45, 7) is 2.49. The summed E-state index contributed by atoms with van der Waals surface area (Å²) in [6, 6.07) is 7.80. The van der Waals surface area contributed by atoms with Crippen LogP contribution in [0.4, 0.5) is 0 Å². The number of hydrogen-bond donors (Lipinski definition) is 1. The maximum atomic E-state index is 12.5. The van der Waals surface area contributed by atoms with E-state index in [0.29, 0.717) is 32.5 Å². The fraction of sp³-hybridized carbons (Fsp3) is 0.556. The number of carbonyl (C=O) groups excluding carboxylic acids is 2. The largest absolute Gasteiger partial charge is 0.497 e. The van der Waals surface area contributed by atoms with Crippen molar-refractivity contribution in [2.24, 2.45) is 5.73 Å². The van der Waals surface area contributed by atoms with Gasteiger partial charge in [0.1, 0.15) is 5.75 Å². The molecule has 2 atom stereocenters. The van der Waals surface area contributed by atoms with Crippen LogP contribution in [0.25, 0.3) is 0 Å².